The first kappa shape index (κ1) is 41.0. The molecule has 8 rings (SSSR count). The van der Waals surface area contributed by atoms with Gasteiger partial charge in [0.15, 0.2) is 46.6 Å². The van der Waals surface area contributed by atoms with Crippen LogP contribution in [-0.2, 0) is 35.3 Å². The van der Waals surface area contributed by atoms with Crippen molar-refractivity contribution in [3.05, 3.63) is 94.0 Å². The standard InChI is InChI=1S/C45H51ClN2O10/c1-26(44(49)50)47(3)17-14-30-23-37(54-6)39-25-33(30)34(47)20-28-8-11-32(12-9-28)57-38-22-29(10-13-36(38)53-5)21-35-41-31(15-18-48(35,4)27(2)45(51)52)24-40(55-7)42(43(41)58-39)56-19-16-46/h8-13,22-27,34-35H,14-21H2,1-7H3/p+2. The number of methoxy groups -OCH3 is 3. The summed E-state index contributed by atoms with van der Waals surface area (Å²) in [4.78, 5) is 25.7. The summed E-state index contributed by atoms with van der Waals surface area (Å²) >= 11 is 6.23. The first-order chi connectivity index (χ1) is 27.8. The van der Waals surface area contributed by atoms with Gasteiger partial charge in [-0.3, -0.25) is 0 Å². The third kappa shape index (κ3) is 7.26. The molecule has 6 bridgehead atoms. The van der Waals surface area contributed by atoms with Crippen LogP contribution in [0.2, 0.25) is 0 Å². The molecular weight excluding hydrogens is 764 g/mol. The normalized spacial score (nSPS) is 23.1. The number of hydrogen-bond donors (Lipinski definition) is 2. The average Bonchev–Trinajstić information content (AvgIpc) is 3.21. The Balaban J connectivity index is 1.55. The van der Waals surface area contributed by atoms with Crippen LogP contribution < -0.4 is 28.4 Å². The van der Waals surface area contributed by atoms with Crippen LogP contribution in [0, 0.1) is 0 Å². The fourth-order valence-electron chi connectivity index (χ4n) is 9.18. The number of quaternary nitrogens is 2. The summed E-state index contributed by atoms with van der Waals surface area (Å²) in [5.41, 5.74) is 5.64. The van der Waals surface area contributed by atoms with Crippen LogP contribution in [-0.4, -0.2) is 104 Å². The number of benzene rings is 4. The molecule has 0 amide bonds. The molecule has 13 heteroatoms. The number of ether oxygens (including phenoxy) is 6. The molecule has 308 valence electrons. The fourth-order valence-corrected chi connectivity index (χ4v) is 9.26. The molecule has 0 spiro atoms. The highest BCUT2D eigenvalue weighted by Gasteiger charge is 2.50. The van der Waals surface area contributed by atoms with Crippen LogP contribution in [0.4, 0.5) is 0 Å². The van der Waals surface area contributed by atoms with E-state index in [1.54, 1.807) is 35.2 Å². The lowest BCUT2D eigenvalue weighted by atomic mass is 9.84. The smallest absolute Gasteiger partial charge is 0.362 e. The van der Waals surface area contributed by atoms with Gasteiger partial charge in [0.2, 0.25) is 5.75 Å². The van der Waals surface area contributed by atoms with Gasteiger partial charge >= 0.3 is 11.9 Å². The third-order valence-electron chi connectivity index (χ3n) is 13.1. The van der Waals surface area contributed by atoms with Crippen molar-refractivity contribution in [1.82, 2.24) is 0 Å². The fraction of sp³-hybridized carbons (Fsp3) is 0.422. The number of halogens is 1. The predicted molar refractivity (Wildman–Crippen MR) is 218 cm³/mol. The van der Waals surface area contributed by atoms with E-state index in [9.17, 15) is 19.8 Å². The molecule has 4 aliphatic rings. The summed E-state index contributed by atoms with van der Waals surface area (Å²) in [6.45, 7) is 4.81. The minimum absolute atomic E-state index is 0.152. The summed E-state index contributed by atoms with van der Waals surface area (Å²) in [6, 6.07) is 17.4. The van der Waals surface area contributed by atoms with E-state index in [4.69, 9.17) is 40.0 Å². The number of likely N-dealkylation sites (N-methyl/N-ethyl adjacent to an activating group) is 2. The highest BCUT2D eigenvalue weighted by molar-refractivity contribution is 6.18. The summed E-state index contributed by atoms with van der Waals surface area (Å²) in [6.07, 6.45) is 2.12. The molecule has 0 radical (unpaired) electrons. The van der Waals surface area contributed by atoms with E-state index in [1.807, 2.05) is 74.8 Å². The maximum Gasteiger partial charge on any atom is 0.362 e. The van der Waals surface area contributed by atoms with Gasteiger partial charge in [-0.15, -0.1) is 11.6 Å². The Labute approximate surface area is 344 Å². The molecule has 0 saturated carbocycles. The molecule has 2 N–H and O–H groups in total. The van der Waals surface area contributed by atoms with Gasteiger partial charge in [-0.2, -0.15) is 0 Å². The molecule has 4 aromatic carbocycles. The molecule has 4 aliphatic heterocycles. The van der Waals surface area contributed by atoms with Gasteiger partial charge in [-0.1, -0.05) is 18.2 Å². The average molecular weight is 817 g/mol. The van der Waals surface area contributed by atoms with E-state index in [-0.39, 0.29) is 27.5 Å². The molecule has 0 aliphatic carbocycles. The predicted octanol–water partition coefficient (Wildman–Crippen LogP) is 7.75. The Bertz CT molecular complexity index is 2210. The highest BCUT2D eigenvalue weighted by atomic mass is 35.5. The van der Waals surface area contributed by atoms with E-state index < -0.39 is 30.1 Å². The van der Waals surface area contributed by atoms with Crippen molar-refractivity contribution in [1.29, 1.82) is 0 Å². The molecular formula is C45H53ClN2O10+2. The van der Waals surface area contributed by atoms with Gasteiger partial charge in [0.1, 0.15) is 24.4 Å². The number of carbonyl (C=O) groups is 2. The van der Waals surface area contributed by atoms with E-state index in [1.165, 1.54) is 0 Å². The lowest BCUT2D eigenvalue weighted by molar-refractivity contribution is -0.954. The third-order valence-corrected chi connectivity index (χ3v) is 13.2. The summed E-state index contributed by atoms with van der Waals surface area (Å²) in [7, 11) is 8.78. The van der Waals surface area contributed by atoms with Crippen LogP contribution >= 0.6 is 11.6 Å². The molecule has 0 aromatic heterocycles. The summed E-state index contributed by atoms with van der Waals surface area (Å²) < 4.78 is 38.3. The van der Waals surface area contributed by atoms with Crippen molar-refractivity contribution >= 4 is 23.5 Å². The number of aliphatic carboxylic acids is 2. The number of hydrogen-bond acceptors (Lipinski definition) is 8. The van der Waals surface area contributed by atoms with Crippen molar-refractivity contribution in [2.45, 2.75) is 63.7 Å². The van der Waals surface area contributed by atoms with E-state index in [2.05, 4.69) is 0 Å². The second-order valence-electron chi connectivity index (χ2n) is 16.0. The van der Waals surface area contributed by atoms with Gasteiger partial charge < -0.3 is 47.6 Å². The van der Waals surface area contributed by atoms with Gasteiger partial charge in [0.05, 0.1) is 60.0 Å². The number of carboxylic acids is 2. The van der Waals surface area contributed by atoms with Crippen molar-refractivity contribution in [3.63, 3.8) is 0 Å². The van der Waals surface area contributed by atoms with E-state index in [0.29, 0.717) is 84.8 Å². The molecule has 6 atom stereocenters. The molecule has 4 heterocycles. The van der Waals surface area contributed by atoms with Crippen LogP contribution in [0.25, 0.3) is 0 Å². The van der Waals surface area contributed by atoms with Crippen LogP contribution in [0.1, 0.15) is 59.3 Å². The van der Waals surface area contributed by atoms with Crippen molar-refractivity contribution in [2.24, 2.45) is 0 Å². The molecule has 12 nitrogen and oxygen atoms in total. The summed E-state index contributed by atoms with van der Waals surface area (Å²) in [5.74, 6) is 2.17. The number of fused-ring (bicyclic) bond motifs is 2. The van der Waals surface area contributed by atoms with E-state index >= 15 is 0 Å². The van der Waals surface area contributed by atoms with Gasteiger partial charge in [-0.05, 0) is 78.6 Å². The van der Waals surface area contributed by atoms with Gasteiger partial charge in [0, 0.05) is 31.2 Å². The van der Waals surface area contributed by atoms with Crippen molar-refractivity contribution < 1.29 is 57.2 Å². The zero-order valence-electron chi connectivity index (χ0n) is 34.2. The highest BCUT2D eigenvalue weighted by Crippen LogP contribution is 2.54. The zero-order chi connectivity index (χ0) is 41.5. The monoisotopic (exact) mass is 816 g/mol. The maximum atomic E-state index is 12.9. The Morgan fingerprint density at radius 3 is 1.93 bits per heavy atom. The first-order valence-electron chi connectivity index (χ1n) is 19.7. The lowest BCUT2D eigenvalue weighted by Gasteiger charge is -2.49. The van der Waals surface area contributed by atoms with Crippen LogP contribution in [0.15, 0.2) is 60.7 Å². The van der Waals surface area contributed by atoms with Crippen molar-refractivity contribution in [3.8, 4) is 46.0 Å². The van der Waals surface area contributed by atoms with Crippen LogP contribution in [0.3, 0.4) is 0 Å². The minimum Gasteiger partial charge on any atom is -0.493 e. The second kappa shape index (κ2) is 16.2. The number of nitrogens with zero attached hydrogens (tertiary/aromatic N) is 2. The minimum atomic E-state index is -0.915. The number of rotatable bonds is 10. The Morgan fingerprint density at radius 2 is 1.31 bits per heavy atom. The lowest BCUT2D eigenvalue weighted by Crippen LogP contribution is -2.59. The van der Waals surface area contributed by atoms with Gasteiger partial charge in [0.25, 0.3) is 0 Å². The quantitative estimate of drug-likeness (QED) is 0.121. The van der Waals surface area contributed by atoms with Gasteiger partial charge in [-0.25, -0.2) is 9.59 Å². The number of carboxylic acid groups (broad SMARTS) is 2. The van der Waals surface area contributed by atoms with Crippen LogP contribution in [0.5, 0.6) is 46.0 Å². The largest absolute Gasteiger partial charge is 0.493 e. The SMILES string of the molecule is COc1ccc2cc1Oc1ccc(cc1)CC1c3cc(c(OC)cc3CC[N+]1(C)C(C)C(=O)O)Oc1c(OCCCl)c(OC)cc3c1C(C2)[N+](C)(C(C)C(=O)O)CC3. The summed E-state index contributed by atoms with van der Waals surface area (Å²) in [5, 5.41) is 21.0. The topological polar surface area (TPSA) is 130 Å². The Kier molecular flexibility index (Phi) is 11.5. The number of alkyl halides is 1. The van der Waals surface area contributed by atoms with Crippen molar-refractivity contribution in [2.75, 3.05) is 61.0 Å². The van der Waals surface area contributed by atoms with E-state index in [0.717, 1.165) is 33.4 Å². The Hall–Kier alpha value is -5.17. The molecule has 58 heavy (non-hydrogen) atoms. The first-order valence-corrected chi connectivity index (χ1v) is 20.2. The zero-order valence-corrected chi connectivity index (χ0v) is 34.9. The Morgan fingerprint density at radius 1 is 0.741 bits per heavy atom. The molecule has 0 fully saturated rings. The maximum absolute atomic E-state index is 12.9. The molecule has 4 aromatic rings. The second-order valence-corrected chi connectivity index (χ2v) is 16.4. The molecule has 0 saturated heterocycles. The molecule has 6 unspecified atom stereocenters.